The van der Waals surface area contributed by atoms with E-state index in [9.17, 15) is 4.79 Å². The summed E-state index contributed by atoms with van der Waals surface area (Å²) in [4.78, 5) is 17.1. The Morgan fingerprint density at radius 1 is 1.33 bits per heavy atom. The first kappa shape index (κ1) is 15.5. The first-order chi connectivity index (χ1) is 13.2. The molecule has 3 aromatic rings. The van der Waals surface area contributed by atoms with Gasteiger partial charge in [0.05, 0.1) is 17.3 Å². The molecule has 3 aliphatic rings. The summed E-state index contributed by atoms with van der Waals surface area (Å²) in [6, 6.07) is 9.00. The van der Waals surface area contributed by atoms with E-state index in [4.69, 9.17) is 4.52 Å². The van der Waals surface area contributed by atoms with Crippen molar-refractivity contribution < 1.29 is 4.52 Å². The van der Waals surface area contributed by atoms with Crippen LogP contribution in [0.1, 0.15) is 49.3 Å². The molecule has 1 fully saturated rings. The lowest BCUT2D eigenvalue weighted by Crippen LogP contribution is -2.50. The van der Waals surface area contributed by atoms with Crippen LogP contribution in [0.25, 0.3) is 16.6 Å². The maximum absolute atomic E-state index is 11.7. The highest BCUT2D eigenvalue weighted by atomic mass is 16.5. The Kier molecular flexibility index (Phi) is 2.99. The Balaban J connectivity index is 1.75. The van der Waals surface area contributed by atoms with Gasteiger partial charge in [0.15, 0.2) is 5.82 Å². The third kappa shape index (κ3) is 1.88. The molecule has 5 heterocycles. The predicted molar refractivity (Wildman–Crippen MR) is 102 cm³/mol. The maximum Gasteiger partial charge on any atom is 0.439 e. The molecular formula is C21H22N4O2. The number of H-pyrrole nitrogens is 1. The van der Waals surface area contributed by atoms with Gasteiger partial charge in [0.25, 0.3) is 0 Å². The van der Waals surface area contributed by atoms with Crippen LogP contribution >= 0.6 is 0 Å². The third-order valence-electron chi connectivity index (χ3n) is 6.93. The van der Waals surface area contributed by atoms with Crippen LogP contribution < -0.4 is 5.76 Å². The normalized spacial score (nSPS) is 26.9. The maximum atomic E-state index is 11.7. The van der Waals surface area contributed by atoms with Gasteiger partial charge in [-0.2, -0.15) is 0 Å². The third-order valence-corrected chi connectivity index (χ3v) is 6.93. The van der Waals surface area contributed by atoms with E-state index < -0.39 is 5.76 Å². The fourth-order valence-corrected chi connectivity index (χ4v) is 5.79. The van der Waals surface area contributed by atoms with Gasteiger partial charge in [-0.3, -0.25) is 14.4 Å². The Morgan fingerprint density at radius 2 is 2.22 bits per heavy atom. The molecule has 0 radical (unpaired) electrons. The predicted octanol–water partition coefficient (Wildman–Crippen LogP) is 3.31. The fraction of sp³-hybridized carbons (Fsp3) is 0.429. The zero-order valence-corrected chi connectivity index (χ0v) is 15.4. The molecule has 0 saturated carbocycles. The zero-order valence-electron chi connectivity index (χ0n) is 15.4. The number of para-hydroxylation sites is 1. The highest BCUT2D eigenvalue weighted by Crippen LogP contribution is 2.57. The highest BCUT2D eigenvalue weighted by molar-refractivity contribution is 5.91. The van der Waals surface area contributed by atoms with Crippen LogP contribution in [0.3, 0.4) is 0 Å². The minimum absolute atomic E-state index is 0.0724. The van der Waals surface area contributed by atoms with E-state index in [0.29, 0.717) is 11.9 Å². The molecule has 0 bridgehead atoms. The van der Waals surface area contributed by atoms with Crippen molar-refractivity contribution in [2.24, 2.45) is 5.41 Å². The molecule has 6 rings (SSSR count). The second-order valence-electron chi connectivity index (χ2n) is 8.07. The first-order valence-corrected chi connectivity index (χ1v) is 9.88. The van der Waals surface area contributed by atoms with E-state index in [2.05, 4.69) is 56.9 Å². The van der Waals surface area contributed by atoms with Crippen molar-refractivity contribution in [3.63, 3.8) is 0 Å². The van der Waals surface area contributed by atoms with Crippen molar-refractivity contribution >= 4 is 16.6 Å². The SMILES string of the molecule is CC[C@@]12C=C(c3noc(=O)[nH]3)n3c4c(c5ccccc53)CCN(CCC1)[C@H]42. The largest absolute Gasteiger partial charge is 0.439 e. The van der Waals surface area contributed by atoms with Crippen molar-refractivity contribution in [1.29, 1.82) is 0 Å². The van der Waals surface area contributed by atoms with E-state index in [1.807, 2.05) is 0 Å². The Hall–Kier alpha value is -2.60. The molecule has 6 nitrogen and oxygen atoms in total. The molecule has 27 heavy (non-hydrogen) atoms. The standard InChI is InChI=1S/C21H22N4O2/c1-2-21-9-5-10-24-11-8-14-13-6-3-4-7-15(13)25(17(14)18(21)24)16(12-21)19-22-20(26)27-23-19/h3-4,6-7,12,18H,2,5,8-11H2,1H3,(H,22,23,26)/t18-,21+/m1/s1. The molecule has 6 heteroatoms. The molecule has 0 amide bonds. The van der Waals surface area contributed by atoms with E-state index >= 15 is 0 Å². The summed E-state index contributed by atoms with van der Waals surface area (Å²) >= 11 is 0. The number of hydrogen-bond donors (Lipinski definition) is 1. The second-order valence-corrected chi connectivity index (χ2v) is 8.07. The van der Waals surface area contributed by atoms with Gasteiger partial charge in [-0.25, -0.2) is 4.79 Å². The minimum Gasteiger partial charge on any atom is -0.308 e. The van der Waals surface area contributed by atoms with E-state index in [-0.39, 0.29) is 5.41 Å². The summed E-state index contributed by atoms with van der Waals surface area (Å²) in [6.07, 6.45) is 6.88. The van der Waals surface area contributed by atoms with Crippen molar-refractivity contribution in [1.82, 2.24) is 19.6 Å². The number of aromatic nitrogens is 3. The lowest BCUT2D eigenvalue weighted by molar-refractivity contribution is 0.0271. The quantitative estimate of drug-likeness (QED) is 0.759. The molecule has 1 saturated heterocycles. The Bertz CT molecular complexity index is 1150. The number of fused-ring (bicyclic) bond motifs is 3. The molecule has 1 N–H and O–H groups in total. The van der Waals surface area contributed by atoms with Gasteiger partial charge in [-0.15, -0.1) is 0 Å². The Morgan fingerprint density at radius 3 is 3.04 bits per heavy atom. The summed E-state index contributed by atoms with van der Waals surface area (Å²) in [6.45, 7) is 4.57. The Labute approximate surface area is 156 Å². The van der Waals surface area contributed by atoms with Crippen LogP contribution in [0.4, 0.5) is 0 Å². The van der Waals surface area contributed by atoms with Crippen LogP contribution in [0.15, 0.2) is 39.7 Å². The van der Waals surface area contributed by atoms with Crippen molar-refractivity contribution in [3.8, 4) is 0 Å². The summed E-state index contributed by atoms with van der Waals surface area (Å²) in [5, 5.41) is 5.37. The number of nitrogens with one attached hydrogen (secondary N) is 1. The summed E-state index contributed by atoms with van der Waals surface area (Å²) in [5.74, 6) is 0.0201. The summed E-state index contributed by atoms with van der Waals surface area (Å²) < 4.78 is 7.19. The van der Waals surface area contributed by atoms with Crippen LogP contribution in [-0.2, 0) is 6.42 Å². The molecule has 0 spiro atoms. The topological polar surface area (TPSA) is 67.1 Å². The monoisotopic (exact) mass is 362 g/mol. The molecule has 3 aliphatic heterocycles. The molecule has 138 valence electrons. The number of rotatable bonds is 2. The first-order valence-electron chi connectivity index (χ1n) is 9.88. The average molecular weight is 362 g/mol. The second kappa shape index (κ2) is 5.23. The van der Waals surface area contributed by atoms with E-state index in [0.717, 1.165) is 38.0 Å². The van der Waals surface area contributed by atoms with Gasteiger partial charge in [0.1, 0.15) is 0 Å². The lowest BCUT2D eigenvalue weighted by Gasteiger charge is -2.53. The van der Waals surface area contributed by atoms with Gasteiger partial charge in [0, 0.05) is 23.0 Å². The van der Waals surface area contributed by atoms with Crippen LogP contribution in [0.5, 0.6) is 0 Å². The molecular weight excluding hydrogens is 340 g/mol. The van der Waals surface area contributed by atoms with Gasteiger partial charge >= 0.3 is 5.76 Å². The van der Waals surface area contributed by atoms with Crippen molar-refractivity contribution in [3.05, 3.63) is 58.0 Å². The van der Waals surface area contributed by atoms with E-state index in [1.165, 1.54) is 28.6 Å². The summed E-state index contributed by atoms with van der Waals surface area (Å²) in [7, 11) is 0. The van der Waals surface area contributed by atoms with Crippen molar-refractivity contribution in [2.45, 2.75) is 38.6 Å². The fourth-order valence-electron chi connectivity index (χ4n) is 5.79. The molecule has 2 atom stereocenters. The van der Waals surface area contributed by atoms with Gasteiger partial charge in [-0.05, 0) is 49.9 Å². The molecule has 0 unspecified atom stereocenters. The van der Waals surface area contributed by atoms with Gasteiger partial charge < -0.3 is 4.57 Å². The number of hydrogen-bond acceptors (Lipinski definition) is 4. The number of nitrogens with zero attached hydrogens (tertiary/aromatic N) is 3. The van der Waals surface area contributed by atoms with Gasteiger partial charge in [-0.1, -0.05) is 30.3 Å². The van der Waals surface area contributed by atoms with E-state index in [1.54, 1.807) is 0 Å². The van der Waals surface area contributed by atoms with Crippen LogP contribution in [0.2, 0.25) is 0 Å². The van der Waals surface area contributed by atoms with Crippen molar-refractivity contribution in [2.75, 3.05) is 13.1 Å². The average Bonchev–Trinajstić information content (AvgIpc) is 3.28. The molecule has 2 aromatic heterocycles. The minimum atomic E-state index is -0.505. The van der Waals surface area contributed by atoms with Crippen LogP contribution in [-0.4, -0.2) is 32.7 Å². The van der Waals surface area contributed by atoms with Gasteiger partial charge in [0.2, 0.25) is 0 Å². The smallest absolute Gasteiger partial charge is 0.308 e. The zero-order chi connectivity index (χ0) is 18.2. The lowest BCUT2D eigenvalue weighted by atomic mass is 9.66. The summed E-state index contributed by atoms with van der Waals surface area (Å²) in [5.41, 5.74) is 5.08. The number of aromatic amines is 1. The number of piperidine rings is 1. The highest BCUT2D eigenvalue weighted by Gasteiger charge is 2.50. The number of benzene rings is 1. The molecule has 0 aliphatic carbocycles. The molecule has 1 aromatic carbocycles. The van der Waals surface area contributed by atoms with Crippen LogP contribution in [0, 0.1) is 5.41 Å².